The third-order valence-electron chi connectivity index (χ3n) is 4.29. The summed E-state index contributed by atoms with van der Waals surface area (Å²) >= 11 is 0. The number of nitrogens with one attached hydrogen (secondary N) is 2. The summed E-state index contributed by atoms with van der Waals surface area (Å²) in [7, 11) is -3.18. The molecular weight excluding hydrogens is 326 g/mol. The molecule has 1 fully saturated rings. The van der Waals surface area contributed by atoms with Gasteiger partial charge in [-0.2, -0.15) is 0 Å². The van der Waals surface area contributed by atoms with Gasteiger partial charge < -0.3 is 10.2 Å². The predicted octanol–water partition coefficient (Wildman–Crippen LogP) is 2.00. The number of hydrogen-bond donors (Lipinski definition) is 2. The van der Waals surface area contributed by atoms with Crippen LogP contribution in [-0.2, 0) is 16.6 Å². The number of hydrogen-bond acceptors (Lipinski definition) is 3. The zero-order valence-electron chi connectivity index (χ0n) is 14.4. The fourth-order valence-electron chi connectivity index (χ4n) is 2.96. The van der Waals surface area contributed by atoms with Gasteiger partial charge in [0.05, 0.1) is 6.26 Å². The molecule has 24 heavy (non-hydrogen) atoms. The summed E-state index contributed by atoms with van der Waals surface area (Å²) in [4.78, 5) is 14.3. The van der Waals surface area contributed by atoms with Crippen molar-refractivity contribution in [2.75, 3.05) is 19.3 Å². The number of sulfonamides is 1. The second kappa shape index (κ2) is 8.48. The predicted molar refractivity (Wildman–Crippen MR) is 95.2 cm³/mol. The van der Waals surface area contributed by atoms with E-state index in [-0.39, 0.29) is 12.1 Å². The SMILES string of the molecule is Cc1ccc(CNC(=O)N2CCCC[C@@H]2CCNS(C)(=O)=O)cc1. The first-order valence-electron chi connectivity index (χ1n) is 8.40. The Bertz CT molecular complexity index is 644. The Hall–Kier alpha value is -1.60. The number of piperidine rings is 1. The molecule has 2 amide bonds. The molecule has 2 rings (SSSR count). The zero-order chi connectivity index (χ0) is 17.6. The molecule has 1 aromatic rings. The topological polar surface area (TPSA) is 78.5 Å². The van der Waals surface area contributed by atoms with Gasteiger partial charge in [-0.3, -0.25) is 0 Å². The highest BCUT2D eigenvalue weighted by Crippen LogP contribution is 2.19. The van der Waals surface area contributed by atoms with Crippen LogP contribution in [0, 0.1) is 6.92 Å². The number of carbonyl (C=O) groups is 1. The molecule has 1 aromatic carbocycles. The fraction of sp³-hybridized carbons (Fsp3) is 0.588. The van der Waals surface area contributed by atoms with Crippen LogP contribution in [0.15, 0.2) is 24.3 Å². The van der Waals surface area contributed by atoms with Crippen molar-refractivity contribution in [2.45, 2.75) is 45.2 Å². The Morgan fingerprint density at radius 3 is 2.62 bits per heavy atom. The number of benzene rings is 1. The van der Waals surface area contributed by atoms with Gasteiger partial charge in [0.25, 0.3) is 0 Å². The van der Waals surface area contributed by atoms with Crippen molar-refractivity contribution in [3.05, 3.63) is 35.4 Å². The summed E-state index contributed by atoms with van der Waals surface area (Å²) in [6.45, 7) is 3.63. The molecule has 1 atom stereocenters. The average molecular weight is 353 g/mol. The molecule has 0 bridgehead atoms. The van der Waals surface area contributed by atoms with Crippen LogP contribution in [0.25, 0.3) is 0 Å². The van der Waals surface area contributed by atoms with Crippen LogP contribution < -0.4 is 10.0 Å². The Balaban J connectivity index is 1.86. The zero-order valence-corrected chi connectivity index (χ0v) is 15.2. The molecule has 0 spiro atoms. The van der Waals surface area contributed by atoms with Crippen molar-refractivity contribution in [1.82, 2.24) is 14.9 Å². The average Bonchev–Trinajstić information content (AvgIpc) is 2.53. The van der Waals surface area contributed by atoms with Gasteiger partial charge in [-0.05, 0) is 38.2 Å². The lowest BCUT2D eigenvalue weighted by Crippen LogP contribution is -2.49. The molecule has 134 valence electrons. The van der Waals surface area contributed by atoms with E-state index in [0.29, 0.717) is 19.5 Å². The van der Waals surface area contributed by atoms with E-state index in [0.717, 1.165) is 37.6 Å². The highest BCUT2D eigenvalue weighted by Gasteiger charge is 2.26. The molecule has 7 heteroatoms. The highest BCUT2D eigenvalue weighted by molar-refractivity contribution is 7.88. The smallest absolute Gasteiger partial charge is 0.317 e. The van der Waals surface area contributed by atoms with Crippen LogP contribution in [0.1, 0.15) is 36.8 Å². The van der Waals surface area contributed by atoms with Crippen molar-refractivity contribution < 1.29 is 13.2 Å². The summed E-state index contributed by atoms with van der Waals surface area (Å²) in [5.41, 5.74) is 2.26. The quantitative estimate of drug-likeness (QED) is 0.821. The monoisotopic (exact) mass is 353 g/mol. The van der Waals surface area contributed by atoms with Gasteiger partial charge in [-0.1, -0.05) is 29.8 Å². The molecule has 0 unspecified atom stereocenters. The van der Waals surface area contributed by atoms with Gasteiger partial charge in [-0.25, -0.2) is 17.9 Å². The summed E-state index contributed by atoms with van der Waals surface area (Å²) in [6, 6.07) is 8.11. The van der Waals surface area contributed by atoms with Gasteiger partial charge in [0, 0.05) is 25.7 Å². The number of nitrogens with zero attached hydrogens (tertiary/aromatic N) is 1. The standard InChI is InChI=1S/C17H27N3O3S/c1-14-6-8-15(9-7-14)13-18-17(21)20-12-4-3-5-16(20)10-11-19-24(2,22)23/h6-9,16,19H,3-5,10-13H2,1-2H3,(H,18,21)/t16-/m1/s1. The van der Waals surface area contributed by atoms with E-state index >= 15 is 0 Å². The lowest BCUT2D eigenvalue weighted by atomic mass is 10.00. The summed E-state index contributed by atoms with van der Waals surface area (Å²) in [6.07, 6.45) is 4.79. The van der Waals surface area contributed by atoms with Crippen LogP contribution >= 0.6 is 0 Å². The number of carbonyl (C=O) groups excluding carboxylic acids is 1. The van der Waals surface area contributed by atoms with Crippen molar-refractivity contribution in [3.63, 3.8) is 0 Å². The normalized spacial score (nSPS) is 18.4. The third kappa shape index (κ3) is 6.13. The van der Waals surface area contributed by atoms with Gasteiger partial charge >= 0.3 is 6.03 Å². The molecule has 6 nitrogen and oxygen atoms in total. The van der Waals surface area contributed by atoms with Crippen molar-refractivity contribution in [2.24, 2.45) is 0 Å². The first kappa shape index (κ1) is 18.7. The molecule has 0 aliphatic carbocycles. The van der Waals surface area contributed by atoms with E-state index in [9.17, 15) is 13.2 Å². The molecule has 2 N–H and O–H groups in total. The number of rotatable bonds is 6. The summed E-state index contributed by atoms with van der Waals surface area (Å²) in [5.74, 6) is 0. The molecule has 1 aliphatic rings. The van der Waals surface area contributed by atoms with Crippen molar-refractivity contribution in [1.29, 1.82) is 0 Å². The van der Waals surface area contributed by atoms with Gasteiger partial charge in [0.2, 0.25) is 10.0 Å². The molecule has 1 heterocycles. The number of likely N-dealkylation sites (tertiary alicyclic amines) is 1. The minimum Gasteiger partial charge on any atom is -0.334 e. The van der Waals surface area contributed by atoms with E-state index in [1.165, 1.54) is 5.56 Å². The summed E-state index contributed by atoms with van der Waals surface area (Å²) in [5, 5.41) is 2.97. The molecular formula is C17H27N3O3S. The van der Waals surface area contributed by atoms with Gasteiger partial charge in [-0.15, -0.1) is 0 Å². The Kier molecular flexibility index (Phi) is 6.62. The molecule has 0 aromatic heterocycles. The second-order valence-electron chi connectivity index (χ2n) is 6.44. The van der Waals surface area contributed by atoms with Crippen LogP contribution in [0.4, 0.5) is 4.79 Å². The molecule has 1 aliphatic heterocycles. The van der Waals surface area contributed by atoms with Crippen LogP contribution in [0.5, 0.6) is 0 Å². The first-order chi connectivity index (χ1) is 11.3. The Morgan fingerprint density at radius 1 is 1.25 bits per heavy atom. The van der Waals surface area contributed by atoms with E-state index in [4.69, 9.17) is 0 Å². The van der Waals surface area contributed by atoms with Gasteiger partial charge in [0.15, 0.2) is 0 Å². The molecule has 0 radical (unpaired) electrons. The second-order valence-corrected chi connectivity index (χ2v) is 8.28. The number of amides is 2. The van der Waals surface area contributed by atoms with E-state index in [2.05, 4.69) is 10.0 Å². The van der Waals surface area contributed by atoms with Crippen LogP contribution in [0.2, 0.25) is 0 Å². The van der Waals surface area contributed by atoms with Crippen molar-refractivity contribution in [3.8, 4) is 0 Å². The maximum absolute atomic E-state index is 12.5. The molecule has 1 saturated heterocycles. The van der Waals surface area contributed by atoms with E-state index in [1.54, 1.807) is 0 Å². The number of urea groups is 1. The van der Waals surface area contributed by atoms with E-state index in [1.807, 2.05) is 36.1 Å². The minimum absolute atomic E-state index is 0.0698. The lowest BCUT2D eigenvalue weighted by molar-refractivity contribution is 0.147. The maximum Gasteiger partial charge on any atom is 0.317 e. The van der Waals surface area contributed by atoms with Crippen LogP contribution in [0.3, 0.4) is 0 Å². The Morgan fingerprint density at radius 2 is 1.96 bits per heavy atom. The number of aryl methyl sites for hydroxylation is 1. The van der Waals surface area contributed by atoms with Gasteiger partial charge in [0.1, 0.15) is 0 Å². The molecule has 0 saturated carbocycles. The van der Waals surface area contributed by atoms with Crippen molar-refractivity contribution >= 4 is 16.1 Å². The Labute approximate surface area is 144 Å². The maximum atomic E-state index is 12.5. The van der Waals surface area contributed by atoms with Crippen LogP contribution in [-0.4, -0.2) is 44.7 Å². The lowest BCUT2D eigenvalue weighted by Gasteiger charge is -2.35. The first-order valence-corrected chi connectivity index (χ1v) is 10.3. The highest BCUT2D eigenvalue weighted by atomic mass is 32.2. The van der Waals surface area contributed by atoms with E-state index < -0.39 is 10.0 Å². The third-order valence-corrected chi connectivity index (χ3v) is 5.02. The largest absolute Gasteiger partial charge is 0.334 e. The fourth-order valence-corrected chi connectivity index (χ4v) is 3.45. The minimum atomic E-state index is -3.18. The summed E-state index contributed by atoms with van der Waals surface area (Å²) < 4.78 is 24.8.